The Morgan fingerprint density at radius 1 is 1.31 bits per heavy atom. The predicted octanol–water partition coefficient (Wildman–Crippen LogP) is -1.34. The second-order valence-corrected chi connectivity index (χ2v) is 2.23. The van der Waals surface area contributed by atoms with E-state index >= 15 is 0 Å². The molecule has 0 rings (SSSR count). The van der Waals surface area contributed by atoms with E-state index in [4.69, 9.17) is 10.2 Å². The second kappa shape index (κ2) is 5.79. The third-order valence-corrected chi connectivity index (χ3v) is 1.34. The lowest BCUT2D eigenvalue weighted by atomic mass is 10.2. The number of hydrogen-bond acceptors (Lipinski definition) is 7. The van der Waals surface area contributed by atoms with Gasteiger partial charge in [0.1, 0.15) is 0 Å². The minimum absolute atomic E-state index is 0.0402. The Morgan fingerprint density at radius 3 is 2.15 bits per heavy atom. The molecular formula is C6H10O6S. The molecule has 0 bridgehead atoms. The number of hydrogen-bond donors (Lipinski definition) is 3. The van der Waals surface area contributed by atoms with Crippen molar-refractivity contribution in [2.45, 2.75) is 19.1 Å². The monoisotopic (exact) mass is 210 g/mol. The summed E-state index contributed by atoms with van der Waals surface area (Å²) < 4.78 is 8.14. The van der Waals surface area contributed by atoms with E-state index in [1.165, 1.54) is 6.92 Å². The van der Waals surface area contributed by atoms with Gasteiger partial charge in [-0.15, -0.1) is 0 Å². The number of carbonyl (C=O) groups excluding carboxylic acids is 2. The Kier molecular flexibility index (Phi) is 5.44. The normalized spacial score (nSPS) is 14.5. The van der Waals surface area contributed by atoms with Crippen LogP contribution >= 0.6 is 12.9 Å². The molecule has 0 spiro atoms. The molecule has 76 valence electrons. The zero-order valence-electron chi connectivity index (χ0n) is 6.84. The molecule has 6 nitrogen and oxygen atoms in total. The van der Waals surface area contributed by atoms with E-state index in [1.54, 1.807) is 0 Å². The van der Waals surface area contributed by atoms with Gasteiger partial charge in [0.2, 0.25) is 0 Å². The minimum Gasteiger partial charge on any atom is -0.464 e. The maximum atomic E-state index is 10.7. The summed E-state index contributed by atoms with van der Waals surface area (Å²) >= 11 is 3.10. The van der Waals surface area contributed by atoms with Crippen molar-refractivity contribution in [1.82, 2.24) is 0 Å². The summed E-state index contributed by atoms with van der Waals surface area (Å²) in [6.45, 7) is 1.56. The largest absolute Gasteiger partial charge is 0.464 e. The van der Waals surface area contributed by atoms with Gasteiger partial charge in [0.25, 0.3) is 0 Å². The van der Waals surface area contributed by atoms with Crippen LogP contribution in [0.2, 0.25) is 0 Å². The number of carbonyl (C=O) groups is 2. The third-order valence-electron chi connectivity index (χ3n) is 1.16. The van der Waals surface area contributed by atoms with E-state index in [2.05, 4.69) is 21.8 Å². The van der Waals surface area contributed by atoms with E-state index in [0.29, 0.717) is 0 Å². The molecule has 2 N–H and O–H groups in total. The van der Waals surface area contributed by atoms with Crippen LogP contribution in [0, 0.1) is 0 Å². The van der Waals surface area contributed by atoms with Crippen LogP contribution in [-0.2, 0) is 18.5 Å². The van der Waals surface area contributed by atoms with Crippen LogP contribution in [0.15, 0.2) is 0 Å². The van der Waals surface area contributed by atoms with Crippen LogP contribution in [0.4, 0.5) is 0 Å². The molecule has 2 unspecified atom stereocenters. The van der Waals surface area contributed by atoms with Crippen LogP contribution in [0.1, 0.15) is 6.92 Å². The average Bonchev–Trinajstić information content (AvgIpc) is 2.14. The van der Waals surface area contributed by atoms with Gasteiger partial charge >= 0.3 is 11.9 Å². The van der Waals surface area contributed by atoms with Gasteiger partial charge in [-0.1, -0.05) is 0 Å². The number of aliphatic hydroxyl groups excluding tert-OH is 2. The van der Waals surface area contributed by atoms with E-state index in [9.17, 15) is 9.59 Å². The highest BCUT2D eigenvalue weighted by atomic mass is 32.1. The highest BCUT2D eigenvalue weighted by molar-refractivity contribution is 7.75. The summed E-state index contributed by atoms with van der Waals surface area (Å²) in [7, 11) is 0. The van der Waals surface area contributed by atoms with Gasteiger partial charge in [-0.3, -0.25) is 0 Å². The lowest BCUT2D eigenvalue weighted by Crippen LogP contribution is -2.40. The molecule has 13 heavy (non-hydrogen) atoms. The van der Waals surface area contributed by atoms with Gasteiger partial charge in [0.15, 0.2) is 12.2 Å². The van der Waals surface area contributed by atoms with E-state index < -0.39 is 24.1 Å². The van der Waals surface area contributed by atoms with Gasteiger partial charge in [0.05, 0.1) is 6.61 Å². The molecule has 0 heterocycles. The number of ether oxygens (including phenoxy) is 1. The van der Waals surface area contributed by atoms with Gasteiger partial charge in [-0.25, -0.2) is 9.59 Å². The van der Waals surface area contributed by atoms with Gasteiger partial charge < -0.3 is 19.1 Å². The molecule has 0 aromatic rings. The van der Waals surface area contributed by atoms with Crippen molar-refractivity contribution in [3.63, 3.8) is 0 Å². The van der Waals surface area contributed by atoms with Crippen molar-refractivity contribution in [2.75, 3.05) is 6.61 Å². The van der Waals surface area contributed by atoms with Crippen molar-refractivity contribution in [1.29, 1.82) is 0 Å². The average molecular weight is 210 g/mol. The first-order valence-electron chi connectivity index (χ1n) is 3.42. The maximum absolute atomic E-state index is 10.7. The fourth-order valence-electron chi connectivity index (χ4n) is 0.539. The highest BCUT2D eigenvalue weighted by Crippen LogP contribution is 2.00. The predicted molar refractivity (Wildman–Crippen MR) is 43.7 cm³/mol. The topological polar surface area (TPSA) is 93.1 Å². The molecule has 0 aliphatic rings. The van der Waals surface area contributed by atoms with Crippen molar-refractivity contribution < 1.29 is 28.7 Å². The second-order valence-electron chi connectivity index (χ2n) is 2.05. The molecule has 0 saturated heterocycles. The number of thiol groups is 1. The van der Waals surface area contributed by atoms with E-state index in [1.807, 2.05) is 0 Å². The molecule has 0 aromatic carbocycles. The minimum atomic E-state index is -1.98. The SMILES string of the molecule is CCOC(=O)C(O)C(O)C(=O)OS. The van der Waals surface area contributed by atoms with Crippen molar-refractivity contribution in [2.24, 2.45) is 0 Å². The summed E-state index contributed by atoms with van der Waals surface area (Å²) in [6.07, 6.45) is -3.92. The van der Waals surface area contributed by atoms with Crippen LogP contribution < -0.4 is 0 Å². The lowest BCUT2D eigenvalue weighted by molar-refractivity contribution is -0.167. The number of aliphatic hydroxyl groups is 2. The molecule has 0 aliphatic carbocycles. The van der Waals surface area contributed by atoms with Crippen molar-refractivity contribution >= 4 is 24.8 Å². The molecule has 0 saturated carbocycles. The summed E-state index contributed by atoms with van der Waals surface area (Å²) in [4.78, 5) is 21.3. The van der Waals surface area contributed by atoms with Crippen molar-refractivity contribution in [3.05, 3.63) is 0 Å². The summed E-state index contributed by atoms with van der Waals surface area (Å²) in [5, 5.41) is 17.9. The van der Waals surface area contributed by atoms with E-state index in [0.717, 1.165) is 0 Å². The Labute approximate surface area is 80.1 Å². The lowest BCUT2D eigenvalue weighted by Gasteiger charge is -2.13. The zero-order valence-corrected chi connectivity index (χ0v) is 7.73. The molecule has 0 amide bonds. The zero-order chi connectivity index (χ0) is 10.4. The van der Waals surface area contributed by atoms with Crippen LogP contribution in [0.3, 0.4) is 0 Å². The Morgan fingerprint density at radius 2 is 1.77 bits per heavy atom. The summed E-state index contributed by atoms with van der Waals surface area (Å²) in [5.41, 5.74) is 0. The van der Waals surface area contributed by atoms with Crippen molar-refractivity contribution in [3.8, 4) is 0 Å². The first-order valence-corrected chi connectivity index (χ1v) is 3.79. The quantitative estimate of drug-likeness (QED) is 0.302. The first kappa shape index (κ1) is 12.2. The molecule has 0 fully saturated rings. The Bertz CT molecular complexity index is 194. The Hall–Kier alpha value is -0.790. The molecule has 2 atom stereocenters. The maximum Gasteiger partial charge on any atom is 0.350 e. The number of rotatable bonds is 4. The number of esters is 1. The molecule has 7 heteroatoms. The van der Waals surface area contributed by atoms with Gasteiger partial charge in [-0.05, 0) is 6.92 Å². The highest BCUT2D eigenvalue weighted by Gasteiger charge is 2.32. The summed E-state index contributed by atoms with van der Waals surface area (Å²) in [6, 6.07) is 0. The molecular weight excluding hydrogens is 200 g/mol. The fraction of sp³-hybridized carbons (Fsp3) is 0.667. The molecule has 0 radical (unpaired) electrons. The fourth-order valence-corrected chi connectivity index (χ4v) is 0.647. The van der Waals surface area contributed by atoms with Gasteiger partial charge in [-0.2, -0.15) is 0 Å². The molecule has 0 aliphatic heterocycles. The first-order chi connectivity index (χ1) is 6.04. The Balaban J connectivity index is 4.16. The third kappa shape index (κ3) is 3.62. The van der Waals surface area contributed by atoms with Crippen LogP contribution in [-0.4, -0.2) is 41.0 Å². The van der Waals surface area contributed by atoms with Gasteiger partial charge in [0, 0.05) is 12.9 Å². The van der Waals surface area contributed by atoms with E-state index in [-0.39, 0.29) is 6.61 Å². The smallest absolute Gasteiger partial charge is 0.350 e. The summed E-state index contributed by atoms with van der Waals surface area (Å²) in [5.74, 6) is -2.31. The van der Waals surface area contributed by atoms with Crippen LogP contribution in [0.25, 0.3) is 0 Å². The van der Waals surface area contributed by atoms with Crippen LogP contribution in [0.5, 0.6) is 0 Å². The molecule has 0 aromatic heterocycles. The standard InChI is InChI=1S/C6H10O6S/c1-2-11-5(9)3(7)4(8)6(10)12-13/h3-4,7-8,13H,2H2,1H3.